The fourth-order valence-electron chi connectivity index (χ4n) is 2.41. The van der Waals surface area contributed by atoms with Gasteiger partial charge in [-0.3, -0.25) is 9.59 Å². The third-order valence-electron chi connectivity index (χ3n) is 3.64. The van der Waals surface area contributed by atoms with Gasteiger partial charge in [0.05, 0.1) is 20.6 Å². The van der Waals surface area contributed by atoms with Crippen LogP contribution in [0.2, 0.25) is 0 Å². The van der Waals surface area contributed by atoms with Crippen LogP contribution in [-0.2, 0) is 16.0 Å². The molecule has 6 heteroatoms. The molecule has 0 fully saturated rings. The smallest absolute Gasteiger partial charge is 0.228 e. The Bertz CT molecular complexity index is 787. The average Bonchev–Trinajstić information content (AvgIpc) is 2.57. The lowest BCUT2D eigenvalue weighted by atomic mass is 10.1. The van der Waals surface area contributed by atoms with E-state index in [0.29, 0.717) is 22.9 Å². The molecule has 2 N–H and O–H groups in total. The van der Waals surface area contributed by atoms with Crippen LogP contribution in [-0.4, -0.2) is 26.0 Å². The van der Waals surface area contributed by atoms with E-state index in [4.69, 9.17) is 9.47 Å². The second-order valence-electron chi connectivity index (χ2n) is 5.63. The largest absolute Gasteiger partial charge is 0.493 e. The van der Waals surface area contributed by atoms with Crippen molar-refractivity contribution in [3.63, 3.8) is 0 Å². The number of hydrogen-bond donors (Lipinski definition) is 2. The summed E-state index contributed by atoms with van der Waals surface area (Å²) in [6, 6.07) is 10.7. The maximum Gasteiger partial charge on any atom is 0.228 e. The van der Waals surface area contributed by atoms with Crippen molar-refractivity contribution in [2.24, 2.45) is 0 Å². The number of nitrogens with one attached hydrogen (secondary N) is 2. The number of benzene rings is 2. The SMILES string of the molecule is COc1ccc(CC(=O)Nc2cc(NC(C)=O)ccc2C)cc1OC. The van der Waals surface area contributed by atoms with Crippen LogP contribution in [0, 0.1) is 6.92 Å². The number of hydrogen-bond acceptors (Lipinski definition) is 4. The van der Waals surface area contributed by atoms with E-state index in [1.165, 1.54) is 6.92 Å². The molecule has 0 aliphatic carbocycles. The van der Waals surface area contributed by atoms with Crippen molar-refractivity contribution in [1.29, 1.82) is 0 Å². The predicted octanol–water partition coefficient (Wildman–Crippen LogP) is 3.15. The van der Waals surface area contributed by atoms with Gasteiger partial charge in [0.25, 0.3) is 0 Å². The van der Waals surface area contributed by atoms with Gasteiger partial charge in [0, 0.05) is 18.3 Å². The topological polar surface area (TPSA) is 76.7 Å². The number of ether oxygens (including phenoxy) is 2. The van der Waals surface area contributed by atoms with Gasteiger partial charge in [-0.25, -0.2) is 0 Å². The number of rotatable bonds is 6. The minimum atomic E-state index is -0.161. The highest BCUT2D eigenvalue weighted by Gasteiger charge is 2.10. The molecule has 2 aromatic rings. The Balaban J connectivity index is 2.11. The summed E-state index contributed by atoms with van der Waals surface area (Å²) >= 11 is 0. The molecular formula is C19H22N2O4. The Labute approximate surface area is 147 Å². The molecule has 6 nitrogen and oxygen atoms in total. The Morgan fingerprint density at radius 2 is 1.68 bits per heavy atom. The minimum absolute atomic E-state index is 0.157. The summed E-state index contributed by atoms with van der Waals surface area (Å²) in [5, 5.41) is 5.58. The zero-order chi connectivity index (χ0) is 18.4. The van der Waals surface area contributed by atoms with Crippen LogP contribution in [0.3, 0.4) is 0 Å². The van der Waals surface area contributed by atoms with E-state index in [1.807, 2.05) is 19.1 Å². The van der Waals surface area contributed by atoms with E-state index >= 15 is 0 Å². The first-order valence-electron chi connectivity index (χ1n) is 7.82. The number of anilines is 2. The van der Waals surface area contributed by atoms with E-state index in [9.17, 15) is 9.59 Å². The highest BCUT2D eigenvalue weighted by molar-refractivity contribution is 5.95. The number of carbonyl (C=O) groups excluding carboxylic acids is 2. The van der Waals surface area contributed by atoms with Crippen molar-refractivity contribution in [3.05, 3.63) is 47.5 Å². The second-order valence-corrected chi connectivity index (χ2v) is 5.63. The van der Waals surface area contributed by atoms with Crippen LogP contribution in [0.4, 0.5) is 11.4 Å². The molecule has 0 saturated heterocycles. The number of amides is 2. The molecule has 132 valence electrons. The van der Waals surface area contributed by atoms with Gasteiger partial charge in [0.15, 0.2) is 11.5 Å². The Kier molecular flexibility index (Phi) is 6.00. The van der Waals surface area contributed by atoms with Crippen molar-refractivity contribution in [2.45, 2.75) is 20.3 Å². The van der Waals surface area contributed by atoms with E-state index in [2.05, 4.69) is 10.6 Å². The lowest BCUT2D eigenvalue weighted by Crippen LogP contribution is -2.15. The van der Waals surface area contributed by atoms with E-state index < -0.39 is 0 Å². The number of carbonyl (C=O) groups is 2. The van der Waals surface area contributed by atoms with E-state index in [0.717, 1.165) is 11.1 Å². The molecule has 0 atom stereocenters. The molecule has 2 aromatic carbocycles. The maximum atomic E-state index is 12.4. The monoisotopic (exact) mass is 342 g/mol. The molecule has 0 aliphatic rings. The van der Waals surface area contributed by atoms with Crippen molar-refractivity contribution in [2.75, 3.05) is 24.9 Å². The molecule has 0 aromatic heterocycles. The maximum absolute atomic E-state index is 12.4. The van der Waals surface area contributed by atoms with Gasteiger partial charge in [-0.2, -0.15) is 0 Å². The first kappa shape index (κ1) is 18.3. The summed E-state index contributed by atoms with van der Waals surface area (Å²) in [5.74, 6) is 0.879. The fourth-order valence-corrected chi connectivity index (χ4v) is 2.41. The summed E-state index contributed by atoms with van der Waals surface area (Å²) in [5.41, 5.74) is 3.02. The zero-order valence-corrected chi connectivity index (χ0v) is 14.8. The molecule has 0 saturated carbocycles. The highest BCUT2D eigenvalue weighted by atomic mass is 16.5. The molecule has 0 aliphatic heterocycles. The normalized spacial score (nSPS) is 10.1. The summed E-state index contributed by atoms with van der Waals surface area (Å²) in [6.45, 7) is 3.33. The number of aryl methyl sites for hydroxylation is 1. The summed E-state index contributed by atoms with van der Waals surface area (Å²) in [4.78, 5) is 23.5. The first-order chi connectivity index (χ1) is 11.9. The van der Waals surface area contributed by atoms with Crippen molar-refractivity contribution in [1.82, 2.24) is 0 Å². The van der Waals surface area contributed by atoms with Crippen molar-refractivity contribution >= 4 is 23.2 Å². The van der Waals surface area contributed by atoms with E-state index in [1.54, 1.807) is 38.5 Å². The van der Waals surface area contributed by atoms with E-state index in [-0.39, 0.29) is 18.2 Å². The van der Waals surface area contributed by atoms with Crippen molar-refractivity contribution < 1.29 is 19.1 Å². The van der Waals surface area contributed by atoms with Crippen LogP contribution in [0.1, 0.15) is 18.1 Å². The quantitative estimate of drug-likeness (QED) is 0.845. The Morgan fingerprint density at radius 3 is 2.32 bits per heavy atom. The van der Waals surface area contributed by atoms with Crippen LogP contribution in [0.15, 0.2) is 36.4 Å². The third kappa shape index (κ3) is 4.97. The first-order valence-corrected chi connectivity index (χ1v) is 7.82. The Morgan fingerprint density at radius 1 is 0.960 bits per heavy atom. The highest BCUT2D eigenvalue weighted by Crippen LogP contribution is 2.28. The second kappa shape index (κ2) is 8.19. The van der Waals surface area contributed by atoms with Gasteiger partial charge < -0.3 is 20.1 Å². The molecule has 0 radical (unpaired) electrons. The van der Waals surface area contributed by atoms with Gasteiger partial charge in [0.1, 0.15) is 0 Å². The molecule has 0 spiro atoms. The van der Waals surface area contributed by atoms with Gasteiger partial charge in [-0.15, -0.1) is 0 Å². The van der Waals surface area contributed by atoms with Crippen molar-refractivity contribution in [3.8, 4) is 11.5 Å². The summed E-state index contributed by atoms with van der Waals surface area (Å²) in [6.07, 6.45) is 0.199. The molecule has 0 unspecified atom stereocenters. The number of methoxy groups -OCH3 is 2. The summed E-state index contributed by atoms with van der Waals surface area (Å²) < 4.78 is 10.4. The molecule has 2 amide bonds. The standard InChI is InChI=1S/C19H22N2O4/c1-12-5-7-15(20-13(2)22)11-16(12)21-19(23)10-14-6-8-17(24-3)18(9-14)25-4/h5-9,11H,10H2,1-4H3,(H,20,22)(H,21,23). The molecule has 25 heavy (non-hydrogen) atoms. The molecule has 0 bridgehead atoms. The van der Waals surface area contributed by atoms with Crippen LogP contribution < -0.4 is 20.1 Å². The third-order valence-corrected chi connectivity index (χ3v) is 3.64. The average molecular weight is 342 g/mol. The van der Waals surface area contributed by atoms with Gasteiger partial charge in [-0.05, 0) is 42.3 Å². The molecular weight excluding hydrogens is 320 g/mol. The van der Waals surface area contributed by atoms with Gasteiger partial charge in [0.2, 0.25) is 11.8 Å². The lowest BCUT2D eigenvalue weighted by molar-refractivity contribution is -0.116. The van der Waals surface area contributed by atoms with Crippen LogP contribution in [0.25, 0.3) is 0 Å². The minimum Gasteiger partial charge on any atom is -0.493 e. The summed E-state index contributed by atoms with van der Waals surface area (Å²) in [7, 11) is 3.12. The lowest BCUT2D eigenvalue weighted by Gasteiger charge is -2.12. The van der Waals surface area contributed by atoms with Gasteiger partial charge in [-0.1, -0.05) is 12.1 Å². The molecule has 2 rings (SSSR count). The van der Waals surface area contributed by atoms with Crippen LogP contribution in [0.5, 0.6) is 11.5 Å². The van der Waals surface area contributed by atoms with Crippen LogP contribution >= 0.6 is 0 Å². The zero-order valence-electron chi connectivity index (χ0n) is 14.8. The molecule has 0 heterocycles. The Hall–Kier alpha value is -3.02. The van der Waals surface area contributed by atoms with Gasteiger partial charge >= 0.3 is 0 Å². The predicted molar refractivity (Wildman–Crippen MR) is 97.4 cm³/mol. The fraction of sp³-hybridized carbons (Fsp3) is 0.263.